The third-order valence-electron chi connectivity index (χ3n) is 5.14. The third-order valence-corrected chi connectivity index (χ3v) is 5.39. The van der Waals surface area contributed by atoms with Crippen LogP contribution in [0.25, 0.3) is 0 Å². The van der Waals surface area contributed by atoms with Crippen LogP contribution in [0.3, 0.4) is 0 Å². The summed E-state index contributed by atoms with van der Waals surface area (Å²) in [6.45, 7) is 3.34. The third kappa shape index (κ3) is 4.71. The highest BCUT2D eigenvalue weighted by Gasteiger charge is 2.40. The largest absolute Gasteiger partial charge is 0.356 e. The van der Waals surface area contributed by atoms with Gasteiger partial charge in [-0.25, -0.2) is 4.39 Å². The summed E-state index contributed by atoms with van der Waals surface area (Å²) in [5.74, 6) is -1.23. The molecule has 1 N–H and O–H groups in total. The molecule has 0 unspecified atom stereocenters. The zero-order chi connectivity index (χ0) is 20.1. The van der Waals surface area contributed by atoms with E-state index in [0.717, 1.165) is 18.4 Å². The van der Waals surface area contributed by atoms with E-state index in [4.69, 9.17) is 11.6 Å². The number of carbonyl (C=O) groups is 2. The predicted molar refractivity (Wildman–Crippen MR) is 108 cm³/mol. The highest BCUT2D eigenvalue weighted by Crippen LogP contribution is 2.34. The van der Waals surface area contributed by atoms with Gasteiger partial charge in [0.15, 0.2) is 0 Å². The van der Waals surface area contributed by atoms with Crippen molar-refractivity contribution in [3.63, 3.8) is 0 Å². The number of unbranched alkanes of at least 4 members (excludes halogenated alkanes) is 1. The SMILES string of the molecule is CCCCNC(=O)[C@H]1CN(C(=O)c2ccc(Cl)cc2)C[C@H]1c1cccc(F)c1. The van der Waals surface area contributed by atoms with Gasteiger partial charge in [0.1, 0.15) is 5.82 Å². The number of benzene rings is 2. The summed E-state index contributed by atoms with van der Waals surface area (Å²) >= 11 is 5.91. The minimum Gasteiger partial charge on any atom is -0.356 e. The Hall–Kier alpha value is -2.40. The van der Waals surface area contributed by atoms with Gasteiger partial charge in [-0.3, -0.25) is 9.59 Å². The van der Waals surface area contributed by atoms with Crippen molar-refractivity contribution in [3.05, 3.63) is 70.5 Å². The van der Waals surface area contributed by atoms with Gasteiger partial charge in [-0.05, 0) is 48.4 Å². The van der Waals surface area contributed by atoms with Gasteiger partial charge in [0, 0.05) is 36.1 Å². The molecule has 1 saturated heterocycles. The van der Waals surface area contributed by atoms with Gasteiger partial charge in [-0.1, -0.05) is 37.1 Å². The average molecular weight is 403 g/mol. The van der Waals surface area contributed by atoms with E-state index < -0.39 is 5.92 Å². The number of amides is 2. The van der Waals surface area contributed by atoms with Crippen LogP contribution in [0.2, 0.25) is 5.02 Å². The highest BCUT2D eigenvalue weighted by molar-refractivity contribution is 6.30. The van der Waals surface area contributed by atoms with Crippen molar-refractivity contribution in [2.75, 3.05) is 19.6 Å². The summed E-state index contributed by atoms with van der Waals surface area (Å²) in [7, 11) is 0. The summed E-state index contributed by atoms with van der Waals surface area (Å²) in [4.78, 5) is 27.4. The van der Waals surface area contributed by atoms with Crippen LogP contribution in [0, 0.1) is 11.7 Å². The number of nitrogens with zero attached hydrogens (tertiary/aromatic N) is 1. The number of hydrogen-bond donors (Lipinski definition) is 1. The maximum atomic E-state index is 13.8. The van der Waals surface area contributed by atoms with E-state index >= 15 is 0 Å². The fourth-order valence-electron chi connectivity index (χ4n) is 3.60. The van der Waals surface area contributed by atoms with Crippen molar-refractivity contribution in [2.45, 2.75) is 25.7 Å². The summed E-state index contributed by atoms with van der Waals surface area (Å²) in [5, 5.41) is 3.52. The van der Waals surface area contributed by atoms with Crippen molar-refractivity contribution in [2.24, 2.45) is 5.92 Å². The van der Waals surface area contributed by atoms with E-state index in [1.807, 2.05) is 6.07 Å². The van der Waals surface area contributed by atoms with Gasteiger partial charge in [0.25, 0.3) is 5.91 Å². The van der Waals surface area contributed by atoms with Gasteiger partial charge in [0.2, 0.25) is 5.91 Å². The maximum absolute atomic E-state index is 13.8. The molecule has 2 aromatic carbocycles. The van der Waals surface area contributed by atoms with Crippen LogP contribution in [-0.2, 0) is 4.79 Å². The molecule has 6 heteroatoms. The Labute approximate surface area is 169 Å². The lowest BCUT2D eigenvalue weighted by Crippen LogP contribution is -2.36. The first-order valence-corrected chi connectivity index (χ1v) is 9.95. The molecule has 148 valence electrons. The second-order valence-corrected chi connectivity index (χ2v) is 7.57. The van der Waals surface area contributed by atoms with E-state index in [-0.39, 0.29) is 23.5 Å². The van der Waals surface area contributed by atoms with Crippen LogP contribution < -0.4 is 5.32 Å². The standard InChI is InChI=1S/C22H24ClFN2O2/c1-2-3-11-25-21(27)20-14-26(22(28)15-7-9-17(23)10-8-15)13-19(20)16-5-4-6-18(24)12-16/h4-10,12,19-20H,2-3,11,13-14H2,1H3,(H,25,27)/t19-,20-/m0/s1. The predicted octanol–water partition coefficient (Wildman–Crippen LogP) is 4.25. The lowest BCUT2D eigenvalue weighted by Gasteiger charge is -2.18. The van der Waals surface area contributed by atoms with E-state index in [0.29, 0.717) is 30.2 Å². The molecule has 1 aliphatic rings. The molecule has 3 rings (SSSR count). The second kappa shape index (κ2) is 9.20. The monoisotopic (exact) mass is 402 g/mol. The van der Waals surface area contributed by atoms with Crippen molar-refractivity contribution >= 4 is 23.4 Å². The average Bonchev–Trinajstić information content (AvgIpc) is 3.14. The molecule has 0 aliphatic carbocycles. The van der Waals surface area contributed by atoms with Gasteiger partial charge in [-0.15, -0.1) is 0 Å². The molecule has 1 aliphatic heterocycles. The first-order chi connectivity index (χ1) is 13.5. The molecular formula is C22H24ClFN2O2. The molecule has 1 fully saturated rings. The number of carbonyl (C=O) groups excluding carboxylic acids is 2. The molecule has 2 aromatic rings. The number of nitrogens with one attached hydrogen (secondary N) is 1. The summed E-state index contributed by atoms with van der Waals surface area (Å²) in [6.07, 6.45) is 1.88. The fourth-order valence-corrected chi connectivity index (χ4v) is 3.73. The molecule has 4 nitrogen and oxygen atoms in total. The summed E-state index contributed by atoms with van der Waals surface area (Å²) in [6, 6.07) is 13.0. The lowest BCUT2D eigenvalue weighted by atomic mass is 9.88. The first kappa shape index (κ1) is 20.3. The van der Waals surface area contributed by atoms with E-state index in [1.54, 1.807) is 35.2 Å². The molecular weight excluding hydrogens is 379 g/mol. The number of halogens is 2. The highest BCUT2D eigenvalue weighted by atomic mass is 35.5. The van der Waals surface area contributed by atoms with Gasteiger partial charge in [-0.2, -0.15) is 0 Å². The summed E-state index contributed by atoms with van der Waals surface area (Å²) < 4.78 is 13.8. The van der Waals surface area contributed by atoms with Crippen LogP contribution in [0.15, 0.2) is 48.5 Å². The maximum Gasteiger partial charge on any atom is 0.253 e. The van der Waals surface area contributed by atoms with E-state index in [9.17, 15) is 14.0 Å². The molecule has 28 heavy (non-hydrogen) atoms. The zero-order valence-electron chi connectivity index (χ0n) is 15.8. The minimum absolute atomic E-state index is 0.0888. The normalized spacial score (nSPS) is 18.9. The fraction of sp³-hybridized carbons (Fsp3) is 0.364. The smallest absolute Gasteiger partial charge is 0.253 e. The van der Waals surface area contributed by atoms with Crippen molar-refractivity contribution in [1.82, 2.24) is 10.2 Å². The zero-order valence-corrected chi connectivity index (χ0v) is 16.6. The van der Waals surface area contributed by atoms with Crippen molar-refractivity contribution < 1.29 is 14.0 Å². The van der Waals surface area contributed by atoms with Gasteiger partial charge in [0.05, 0.1) is 5.92 Å². The molecule has 2 atom stereocenters. The number of hydrogen-bond acceptors (Lipinski definition) is 2. The molecule has 0 bridgehead atoms. The molecule has 0 radical (unpaired) electrons. The molecule has 1 heterocycles. The quantitative estimate of drug-likeness (QED) is 0.734. The molecule has 0 aromatic heterocycles. The Morgan fingerprint density at radius 2 is 1.93 bits per heavy atom. The Morgan fingerprint density at radius 3 is 2.61 bits per heavy atom. The Morgan fingerprint density at radius 1 is 1.18 bits per heavy atom. The van der Waals surface area contributed by atoms with Gasteiger partial charge >= 0.3 is 0 Å². The van der Waals surface area contributed by atoms with Crippen LogP contribution in [0.4, 0.5) is 4.39 Å². The van der Waals surface area contributed by atoms with Crippen LogP contribution in [0.1, 0.15) is 41.6 Å². The molecule has 0 saturated carbocycles. The van der Waals surface area contributed by atoms with Crippen LogP contribution in [0.5, 0.6) is 0 Å². The topological polar surface area (TPSA) is 49.4 Å². The number of rotatable bonds is 6. The minimum atomic E-state index is -0.407. The second-order valence-electron chi connectivity index (χ2n) is 7.13. The Bertz CT molecular complexity index is 841. The first-order valence-electron chi connectivity index (χ1n) is 9.57. The lowest BCUT2D eigenvalue weighted by molar-refractivity contribution is -0.124. The van der Waals surface area contributed by atoms with Gasteiger partial charge < -0.3 is 10.2 Å². The van der Waals surface area contributed by atoms with E-state index in [1.165, 1.54) is 12.1 Å². The van der Waals surface area contributed by atoms with Crippen molar-refractivity contribution in [3.8, 4) is 0 Å². The number of likely N-dealkylation sites (tertiary alicyclic amines) is 1. The summed E-state index contributed by atoms with van der Waals surface area (Å²) in [5.41, 5.74) is 1.26. The van der Waals surface area contributed by atoms with Crippen LogP contribution in [-0.4, -0.2) is 36.3 Å². The van der Waals surface area contributed by atoms with E-state index in [2.05, 4.69) is 12.2 Å². The Balaban J connectivity index is 1.82. The molecule has 2 amide bonds. The molecule has 0 spiro atoms. The van der Waals surface area contributed by atoms with Crippen LogP contribution >= 0.6 is 11.6 Å². The van der Waals surface area contributed by atoms with Crippen molar-refractivity contribution in [1.29, 1.82) is 0 Å². The Kier molecular flexibility index (Phi) is 6.68.